The summed E-state index contributed by atoms with van der Waals surface area (Å²) in [5, 5.41) is 11.5. The maximum atomic E-state index is 11.9. The van der Waals surface area contributed by atoms with Gasteiger partial charge in [0.05, 0.1) is 18.2 Å². The molecule has 2 rings (SSSR count). The summed E-state index contributed by atoms with van der Waals surface area (Å²) in [6, 6.07) is 8.90. The van der Waals surface area contributed by atoms with Crippen LogP contribution in [0.5, 0.6) is 0 Å². The predicted octanol–water partition coefficient (Wildman–Crippen LogP) is 1.85. The summed E-state index contributed by atoms with van der Waals surface area (Å²) in [7, 11) is 0. The van der Waals surface area contributed by atoms with Crippen LogP contribution in [0.1, 0.15) is 30.1 Å². The first-order valence-electron chi connectivity index (χ1n) is 6.37. The molecular weight excluding hydrogens is 230 g/mol. The molecule has 2 atom stereocenters. The van der Waals surface area contributed by atoms with Crippen molar-refractivity contribution < 1.29 is 14.7 Å². The quantitative estimate of drug-likeness (QED) is 0.869. The Morgan fingerprint density at radius 2 is 2.11 bits per heavy atom. The van der Waals surface area contributed by atoms with Crippen molar-refractivity contribution in [3.8, 4) is 0 Å². The van der Waals surface area contributed by atoms with Gasteiger partial charge in [-0.25, -0.2) is 4.79 Å². The Morgan fingerprint density at radius 3 is 2.83 bits per heavy atom. The zero-order valence-corrected chi connectivity index (χ0v) is 10.6. The van der Waals surface area contributed by atoms with Gasteiger partial charge in [0.15, 0.2) is 0 Å². The molecule has 0 amide bonds. The van der Waals surface area contributed by atoms with Gasteiger partial charge in [-0.1, -0.05) is 25.1 Å². The van der Waals surface area contributed by atoms with E-state index in [0.29, 0.717) is 18.7 Å². The molecule has 1 N–H and O–H groups in total. The zero-order chi connectivity index (χ0) is 13.0. The van der Waals surface area contributed by atoms with E-state index in [0.717, 1.165) is 12.8 Å². The highest BCUT2D eigenvalue weighted by molar-refractivity contribution is 5.89. The maximum absolute atomic E-state index is 11.9. The number of β-amino-alcohol motifs (C(OH)–C–C–N with tert-alkyl or cyclic N) is 1. The number of carbonyl (C=O) groups is 1. The Balaban J connectivity index is 1.95. The number of carbonyl (C=O) groups excluding carboxylic acids is 1. The van der Waals surface area contributed by atoms with Crippen molar-refractivity contribution in [2.45, 2.75) is 25.9 Å². The molecule has 1 aliphatic rings. The standard InChI is InChI=1S/C14H19NO3/c1-11-6-5-9-15(10-13(11)16)18-14(17)12-7-3-2-4-8-12/h2-4,7-8,11,13,16H,5-6,9-10H2,1H3/t11-,13+/m1/s1. The highest BCUT2D eigenvalue weighted by Crippen LogP contribution is 2.18. The summed E-state index contributed by atoms with van der Waals surface area (Å²) in [6.45, 7) is 3.09. The minimum Gasteiger partial charge on any atom is -0.391 e. The molecule has 0 radical (unpaired) electrons. The van der Waals surface area contributed by atoms with E-state index in [4.69, 9.17) is 4.84 Å². The lowest BCUT2D eigenvalue weighted by Gasteiger charge is -2.22. The Kier molecular flexibility index (Phi) is 4.33. The van der Waals surface area contributed by atoms with Crippen molar-refractivity contribution in [2.24, 2.45) is 5.92 Å². The Bertz CT molecular complexity index is 393. The van der Waals surface area contributed by atoms with Gasteiger partial charge in [0.25, 0.3) is 0 Å². The molecule has 4 heteroatoms. The molecule has 1 aliphatic heterocycles. The highest BCUT2D eigenvalue weighted by Gasteiger charge is 2.24. The summed E-state index contributed by atoms with van der Waals surface area (Å²) in [5.74, 6) is -0.109. The Labute approximate surface area is 107 Å². The van der Waals surface area contributed by atoms with Crippen molar-refractivity contribution in [1.29, 1.82) is 0 Å². The van der Waals surface area contributed by atoms with Crippen LogP contribution in [0.2, 0.25) is 0 Å². The van der Waals surface area contributed by atoms with Crippen LogP contribution in [-0.2, 0) is 4.84 Å². The first kappa shape index (κ1) is 13.1. The zero-order valence-electron chi connectivity index (χ0n) is 10.6. The molecule has 1 aromatic carbocycles. The van der Waals surface area contributed by atoms with Crippen molar-refractivity contribution in [1.82, 2.24) is 5.06 Å². The molecule has 0 bridgehead atoms. The van der Waals surface area contributed by atoms with Crippen LogP contribution in [0.25, 0.3) is 0 Å². The second-order valence-electron chi connectivity index (χ2n) is 4.82. The van der Waals surface area contributed by atoms with Crippen molar-refractivity contribution in [3.05, 3.63) is 35.9 Å². The summed E-state index contributed by atoms with van der Waals surface area (Å²) >= 11 is 0. The van der Waals surface area contributed by atoms with Crippen LogP contribution in [0.4, 0.5) is 0 Å². The van der Waals surface area contributed by atoms with Gasteiger partial charge in [0, 0.05) is 6.54 Å². The van der Waals surface area contributed by atoms with E-state index >= 15 is 0 Å². The van der Waals surface area contributed by atoms with Gasteiger partial charge in [-0.05, 0) is 30.9 Å². The summed E-state index contributed by atoms with van der Waals surface area (Å²) in [5.41, 5.74) is 0.532. The van der Waals surface area contributed by atoms with Crippen molar-refractivity contribution >= 4 is 5.97 Å². The van der Waals surface area contributed by atoms with Crippen LogP contribution in [-0.4, -0.2) is 35.3 Å². The molecular formula is C14H19NO3. The SMILES string of the molecule is C[C@@H]1CCCN(OC(=O)c2ccccc2)C[C@@H]1O. The molecule has 1 saturated heterocycles. The van der Waals surface area contributed by atoms with E-state index in [2.05, 4.69) is 0 Å². The van der Waals surface area contributed by atoms with Crippen LogP contribution in [0.3, 0.4) is 0 Å². The largest absolute Gasteiger partial charge is 0.391 e. The van der Waals surface area contributed by atoms with Crippen LogP contribution >= 0.6 is 0 Å². The molecule has 4 nitrogen and oxygen atoms in total. The molecule has 0 aromatic heterocycles. The number of hydroxylamine groups is 2. The minimum absolute atomic E-state index is 0.255. The lowest BCUT2D eigenvalue weighted by Crippen LogP contribution is -2.35. The average Bonchev–Trinajstić information content (AvgIpc) is 2.53. The van der Waals surface area contributed by atoms with Gasteiger partial charge >= 0.3 is 5.97 Å². The number of aliphatic hydroxyl groups excluding tert-OH is 1. The maximum Gasteiger partial charge on any atom is 0.357 e. The molecule has 0 aliphatic carbocycles. The Hall–Kier alpha value is -1.39. The van der Waals surface area contributed by atoms with Gasteiger partial charge in [-0.2, -0.15) is 0 Å². The van der Waals surface area contributed by atoms with E-state index in [1.54, 1.807) is 29.3 Å². The first-order chi connectivity index (χ1) is 8.66. The van der Waals surface area contributed by atoms with Crippen LogP contribution in [0, 0.1) is 5.92 Å². The van der Waals surface area contributed by atoms with Gasteiger partial charge < -0.3 is 9.94 Å². The smallest absolute Gasteiger partial charge is 0.357 e. The molecule has 0 saturated carbocycles. The molecule has 1 fully saturated rings. The topological polar surface area (TPSA) is 49.8 Å². The van der Waals surface area contributed by atoms with E-state index in [-0.39, 0.29) is 11.9 Å². The fraction of sp³-hybridized carbons (Fsp3) is 0.500. The average molecular weight is 249 g/mol. The minimum atomic E-state index is -0.434. The summed E-state index contributed by atoms with van der Waals surface area (Å²) in [6.07, 6.45) is 1.46. The second kappa shape index (κ2) is 5.98. The van der Waals surface area contributed by atoms with Crippen LogP contribution < -0.4 is 0 Å². The van der Waals surface area contributed by atoms with Gasteiger partial charge in [-0.3, -0.25) is 0 Å². The van der Waals surface area contributed by atoms with Gasteiger partial charge in [0.1, 0.15) is 0 Å². The first-order valence-corrected chi connectivity index (χ1v) is 6.37. The number of aliphatic hydroxyl groups is 1. The number of nitrogens with zero attached hydrogens (tertiary/aromatic N) is 1. The van der Waals surface area contributed by atoms with Gasteiger partial charge in [-0.15, -0.1) is 5.06 Å². The molecule has 98 valence electrons. The fourth-order valence-corrected chi connectivity index (χ4v) is 2.09. The lowest BCUT2D eigenvalue weighted by atomic mass is 10.0. The summed E-state index contributed by atoms with van der Waals surface area (Å²) in [4.78, 5) is 17.2. The van der Waals surface area contributed by atoms with E-state index < -0.39 is 6.10 Å². The lowest BCUT2D eigenvalue weighted by molar-refractivity contribution is -0.124. The third kappa shape index (κ3) is 3.31. The molecule has 0 unspecified atom stereocenters. The van der Waals surface area contributed by atoms with Crippen molar-refractivity contribution in [2.75, 3.05) is 13.1 Å². The third-order valence-corrected chi connectivity index (χ3v) is 3.34. The van der Waals surface area contributed by atoms with E-state index in [9.17, 15) is 9.90 Å². The number of rotatable bonds is 2. The predicted molar refractivity (Wildman–Crippen MR) is 67.8 cm³/mol. The number of benzene rings is 1. The fourth-order valence-electron chi connectivity index (χ4n) is 2.09. The molecule has 18 heavy (non-hydrogen) atoms. The monoisotopic (exact) mass is 249 g/mol. The number of hydrogen-bond acceptors (Lipinski definition) is 4. The molecule has 1 heterocycles. The molecule has 1 aromatic rings. The third-order valence-electron chi connectivity index (χ3n) is 3.34. The van der Waals surface area contributed by atoms with Crippen LogP contribution in [0.15, 0.2) is 30.3 Å². The summed E-state index contributed by atoms with van der Waals surface area (Å²) < 4.78 is 0. The Morgan fingerprint density at radius 1 is 1.39 bits per heavy atom. The van der Waals surface area contributed by atoms with E-state index in [1.807, 2.05) is 13.0 Å². The van der Waals surface area contributed by atoms with E-state index in [1.165, 1.54) is 0 Å². The second-order valence-corrected chi connectivity index (χ2v) is 4.82. The number of hydrogen-bond donors (Lipinski definition) is 1. The molecule has 0 spiro atoms. The highest BCUT2D eigenvalue weighted by atomic mass is 16.7. The normalized spacial score (nSPS) is 25.4. The van der Waals surface area contributed by atoms with Gasteiger partial charge in [0.2, 0.25) is 0 Å². The van der Waals surface area contributed by atoms with Crippen molar-refractivity contribution in [3.63, 3.8) is 0 Å².